The normalized spacial score (nSPS) is 34.9. The number of rotatable bonds is 6. The fraction of sp³-hybridized carbons (Fsp3) is 0.769. The van der Waals surface area contributed by atoms with Gasteiger partial charge in [0, 0.05) is 18.9 Å². The van der Waals surface area contributed by atoms with Gasteiger partial charge in [0.1, 0.15) is 12.2 Å². The second kappa shape index (κ2) is 12.5. The van der Waals surface area contributed by atoms with Crippen LogP contribution in [0.15, 0.2) is 23.8 Å². The Balaban J connectivity index is 0.00000114. The summed E-state index contributed by atoms with van der Waals surface area (Å²) in [5, 5.41) is 17.5. The van der Waals surface area contributed by atoms with Crippen LogP contribution in [-0.4, -0.2) is 47.1 Å². The highest BCUT2D eigenvalue weighted by Gasteiger charge is 2.42. The van der Waals surface area contributed by atoms with Crippen molar-refractivity contribution in [2.24, 2.45) is 29.6 Å². The molecule has 0 saturated carbocycles. The maximum atomic E-state index is 12.5. The molecule has 182 valence electrons. The molecule has 1 aliphatic heterocycles. The van der Waals surface area contributed by atoms with E-state index < -0.39 is 6.10 Å². The van der Waals surface area contributed by atoms with Gasteiger partial charge in [-0.25, -0.2) is 0 Å². The second-order valence-corrected chi connectivity index (χ2v) is 9.67. The summed E-state index contributed by atoms with van der Waals surface area (Å²) in [6.07, 6.45) is 9.70. The fourth-order valence-corrected chi connectivity index (χ4v) is 5.07. The van der Waals surface area contributed by atoms with Crippen LogP contribution in [0.4, 0.5) is 0 Å². The Bertz CT molecular complexity index is 684. The lowest BCUT2D eigenvalue weighted by molar-refractivity contribution is -0.162. The summed E-state index contributed by atoms with van der Waals surface area (Å²) in [4.78, 5) is 24.2. The minimum atomic E-state index is -0.597. The van der Waals surface area contributed by atoms with Crippen molar-refractivity contribution in [1.82, 2.24) is 0 Å². The Hall–Kier alpha value is -1.66. The number of hydrogen-bond donors (Lipinski definition) is 2. The summed E-state index contributed by atoms with van der Waals surface area (Å²) >= 11 is 0. The van der Waals surface area contributed by atoms with E-state index in [1.54, 1.807) is 6.92 Å². The van der Waals surface area contributed by atoms with Gasteiger partial charge < -0.3 is 19.7 Å². The molecule has 32 heavy (non-hydrogen) atoms. The molecular weight excluding hydrogens is 408 g/mol. The first kappa shape index (κ1) is 26.6. The molecule has 0 unspecified atom stereocenters. The van der Waals surface area contributed by atoms with Crippen LogP contribution < -0.4 is 0 Å². The van der Waals surface area contributed by atoms with Gasteiger partial charge in [-0.3, -0.25) is 9.59 Å². The molecule has 3 aliphatic rings. The van der Waals surface area contributed by atoms with Gasteiger partial charge in [0.15, 0.2) is 0 Å². The number of carbonyl (C=O) groups excluding carboxylic acids is 2. The Labute approximate surface area is 193 Å². The largest absolute Gasteiger partial charge is 0.462 e. The molecule has 2 aliphatic carbocycles. The highest BCUT2D eigenvalue weighted by Crippen LogP contribution is 2.45. The third-order valence-electron chi connectivity index (χ3n) is 6.93. The number of allylic oxidation sites excluding steroid dienone is 3. The molecule has 1 saturated heterocycles. The van der Waals surface area contributed by atoms with E-state index in [1.807, 2.05) is 13.8 Å². The first-order valence-corrected chi connectivity index (χ1v) is 12.3. The average molecular weight is 451 g/mol. The Morgan fingerprint density at radius 1 is 1.25 bits per heavy atom. The van der Waals surface area contributed by atoms with Crippen molar-refractivity contribution in [3.8, 4) is 0 Å². The molecule has 0 aromatic carbocycles. The first-order valence-electron chi connectivity index (χ1n) is 12.3. The van der Waals surface area contributed by atoms with E-state index in [1.165, 1.54) is 5.57 Å². The van der Waals surface area contributed by atoms with Gasteiger partial charge in [0.05, 0.1) is 18.4 Å². The van der Waals surface area contributed by atoms with Crippen LogP contribution in [0, 0.1) is 29.6 Å². The lowest BCUT2D eigenvalue weighted by Crippen LogP contribution is -2.42. The monoisotopic (exact) mass is 450 g/mol. The summed E-state index contributed by atoms with van der Waals surface area (Å²) in [5.41, 5.74) is 1.27. The van der Waals surface area contributed by atoms with Crippen LogP contribution in [0.25, 0.3) is 0 Å². The highest BCUT2D eigenvalue weighted by molar-refractivity contribution is 5.72. The minimum absolute atomic E-state index is 0.0854. The molecule has 2 N–H and O–H groups in total. The van der Waals surface area contributed by atoms with E-state index in [0.717, 1.165) is 25.7 Å². The summed E-state index contributed by atoms with van der Waals surface area (Å²) < 4.78 is 11.5. The summed E-state index contributed by atoms with van der Waals surface area (Å²) in [7, 11) is 0. The predicted molar refractivity (Wildman–Crippen MR) is 124 cm³/mol. The molecule has 6 nitrogen and oxygen atoms in total. The van der Waals surface area contributed by atoms with Gasteiger partial charge in [-0.2, -0.15) is 0 Å². The van der Waals surface area contributed by atoms with E-state index in [4.69, 9.17) is 14.6 Å². The third-order valence-corrected chi connectivity index (χ3v) is 6.93. The molecule has 1 fully saturated rings. The third kappa shape index (κ3) is 7.17. The van der Waals surface area contributed by atoms with Gasteiger partial charge in [0.25, 0.3) is 0 Å². The van der Waals surface area contributed by atoms with E-state index in [9.17, 15) is 14.7 Å². The van der Waals surface area contributed by atoms with Gasteiger partial charge in [-0.05, 0) is 55.9 Å². The van der Waals surface area contributed by atoms with E-state index in [-0.39, 0.29) is 49.0 Å². The van der Waals surface area contributed by atoms with Crippen LogP contribution >= 0.6 is 0 Å². The molecule has 0 aromatic rings. The summed E-state index contributed by atoms with van der Waals surface area (Å²) in [5.74, 6) is 0.755. The molecule has 3 rings (SSSR count). The summed E-state index contributed by atoms with van der Waals surface area (Å²) in [6, 6.07) is 0. The van der Waals surface area contributed by atoms with Crippen LogP contribution in [-0.2, 0) is 19.1 Å². The van der Waals surface area contributed by atoms with Crippen molar-refractivity contribution < 1.29 is 29.3 Å². The topological polar surface area (TPSA) is 93.1 Å². The maximum Gasteiger partial charge on any atom is 0.308 e. The van der Waals surface area contributed by atoms with Gasteiger partial charge in [0.2, 0.25) is 0 Å². The number of ether oxygens (including phenoxy) is 2. The SMILES string of the molecule is CCO.CC[C@H](C)C(=O)O[C@H]1C[C@@H](C)C=C2C=C[C@H](C)[C@H](CC[C@@H]3C[C@@H](O)CC(=O)O3)[C@H]21. The predicted octanol–water partition coefficient (Wildman–Crippen LogP) is 4.19. The van der Waals surface area contributed by atoms with Crippen LogP contribution in [0.1, 0.15) is 73.1 Å². The van der Waals surface area contributed by atoms with Crippen molar-refractivity contribution in [1.29, 1.82) is 0 Å². The Morgan fingerprint density at radius 3 is 2.56 bits per heavy atom. The zero-order chi connectivity index (χ0) is 23.8. The Kier molecular flexibility index (Phi) is 10.4. The van der Waals surface area contributed by atoms with E-state index in [2.05, 4.69) is 32.1 Å². The number of hydrogen-bond acceptors (Lipinski definition) is 6. The lowest BCUT2D eigenvalue weighted by Gasteiger charge is -2.43. The molecule has 0 aromatic heterocycles. The average Bonchev–Trinajstić information content (AvgIpc) is 2.72. The van der Waals surface area contributed by atoms with Crippen LogP contribution in [0.3, 0.4) is 0 Å². The molecule has 0 amide bonds. The van der Waals surface area contributed by atoms with Gasteiger partial charge >= 0.3 is 11.9 Å². The minimum Gasteiger partial charge on any atom is -0.462 e. The molecule has 0 spiro atoms. The molecule has 1 heterocycles. The summed E-state index contributed by atoms with van der Waals surface area (Å²) in [6.45, 7) is 10.3. The number of aliphatic hydroxyl groups is 2. The number of aliphatic hydroxyl groups excluding tert-OH is 2. The van der Waals surface area contributed by atoms with Crippen molar-refractivity contribution in [2.75, 3.05) is 6.61 Å². The molecule has 8 atom stereocenters. The number of fused-ring (bicyclic) bond motifs is 1. The molecular formula is C26H42O6. The second-order valence-electron chi connectivity index (χ2n) is 9.67. The van der Waals surface area contributed by atoms with Crippen molar-refractivity contribution in [2.45, 2.75) is 91.5 Å². The van der Waals surface area contributed by atoms with Crippen molar-refractivity contribution >= 4 is 11.9 Å². The standard InChI is InChI=1S/C24H36O5.C2H6O/c1-5-15(3)24(27)29-21-11-14(2)10-17-7-6-16(4)20(23(17)21)9-8-19-12-18(25)13-22(26)28-19;1-2-3/h6-7,10,14-16,18-21,23,25H,5,8-9,11-13H2,1-4H3;3H,2H2,1H3/t14-,15-,16-,18+,19+,20-,21-,23-;/m0./s1. The maximum absolute atomic E-state index is 12.5. The van der Waals surface area contributed by atoms with E-state index >= 15 is 0 Å². The lowest BCUT2D eigenvalue weighted by atomic mass is 9.65. The first-order chi connectivity index (χ1) is 15.2. The van der Waals surface area contributed by atoms with E-state index in [0.29, 0.717) is 24.2 Å². The zero-order valence-corrected chi connectivity index (χ0v) is 20.3. The fourth-order valence-electron chi connectivity index (χ4n) is 5.07. The van der Waals surface area contributed by atoms with Gasteiger partial charge in [-0.15, -0.1) is 0 Å². The zero-order valence-electron chi connectivity index (χ0n) is 20.3. The van der Waals surface area contributed by atoms with Crippen LogP contribution in [0.2, 0.25) is 0 Å². The van der Waals surface area contributed by atoms with Gasteiger partial charge in [-0.1, -0.05) is 45.9 Å². The number of esters is 2. The molecule has 0 bridgehead atoms. The van der Waals surface area contributed by atoms with Crippen molar-refractivity contribution in [3.05, 3.63) is 23.8 Å². The number of carbonyl (C=O) groups is 2. The quantitative estimate of drug-likeness (QED) is 0.589. The Morgan fingerprint density at radius 2 is 1.94 bits per heavy atom. The number of cyclic esters (lactones) is 1. The van der Waals surface area contributed by atoms with Crippen molar-refractivity contribution in [3.63, 3.8) is 0 Å². The van der Waals surface area contributed by atoms with Crippen LogP contribution in [0.5, 0.6) is 0 Å². The smallest absolute Gasteiger partial charge is 0.308 e. The molecule has 6 heteroatoms. The molecule has 0 radical (unpaired) electrons. The highest BCUT2D eigenvalue weighted by atomic mass is 16.5.